The van der Waals surface area contributed by atoms with Gasteiger partial charge in [-0.05, 0) is 55.4 Å². The zero-order valence-corrected chi connectivity index (χ0v) is 22.1. The zero-order chi connectivity index (χ0) is 27.8. The van der Waals surface area contributed by atoms with Gasteiger partial charge in [-0.3, -0.25) is 9.59 Å². The number of carbonyl (C=O) groups excluding carboxylic acids is 2. The minimum atomic E-state index is -1.96. The number of halogens is 1. The van der Waals surface area contributed by atoms with Crippen molar-refractivity contribution in [3.63, 3.8) is 0 Å². The van der Waals surface area contributed by atoms with Crippen molar-refractivity contribution in [1.82, 2.24) is 14.9 Å². The van der Waals surface area contributed by atoms with Gasteiger partial charge >= 0.3 is 5.97 Å². The molecule has 3 atom stereocenters. The molecule has 0 radical (unpaired) electrons. The zero-order valence-electron chi connectivity index (χ0n) is 22.1. The van der Waals surface area contributed by atoms with E-state index in [-0.39, 0.29) is 36.5 Å². The maximum atomic E-state index is 15.0. The fourth-order valence-electron chi connectivity index (χ4n) is 6.37. The standard InChI is InChI=1S/C29H30FN3O6/c1-4-6-22(34)26(35)32-19-8-7-14-13(3)18(30)10-20-23(14)24(19)15-11-33-21(25(15)31-20)9-17-16(27(33)36)12-39-28(37)29(17,38)5-2/h9-10,19,22,34,38H,4-8,11-12H2,1-3H3,(H,32,35)/t19-,22?,29-/m0/s1. The van der Waals surface area contributed by atoms with E-state index in [2.05, 4.69) is 5.32 Å². The number of aryl methyl sites for hydroxylation is 1. The normalized spacial score (nSPS) is 21.7. The second kappa shape index (κ2) is 8.96. The molecule has 9 nitrogen and oxygen atoms in total. The number of aliphatic hydroxyl groups excluding tert-OH is 1. The Kier molecular flexibility index (Phi) is 5.89. The molecule has 3 N–H and O–H groups in total. The summed E-state index contributed by atoms with van der Waals surface area (Å²) in [5.41, 5.74) is 2.13. The lowest BCUT2D eigenvalue weighted by atomic mass is 9.81. The highest BCUT2D eigenvalue weighted by Gasteiger charge is 2.46. The highest BCUT2D eigenvalue weighted by atomic mass is 19.1. The first-order chi connectivity index (χ1) is 18.6. The number of cyclic esters (lactones) is 1. The highest BCUT2D eigenvalue weighted by molar-refractivity contribution is 5.94. The summed E-state index contributed by atoms with van der Waals surface area (Å²) in [6.07, 6.45) is 0.866. The van der Waals surface area contributed by atoms with Crippen LogP contribution in [0.4, 0.5) is 4.39 Å². The summed E-state index contributed by atoms with van der Waals surface area (Å²) in [7, 11) is 0. The number of nitrogens with one attached hydrogen (secondary N) is 1. The van der Waals surface area contributed by atoms with Crippen LogP contribution in [0.5, 0.6) is 0 Å². The molecule has 4 heterocycles. The number of carbonyl (C=O) groups is 2. The summed E-state index contributed by atoms with van der Waals surface area (Å²) in [6, 6.07) is 2.51. The largest absolute Gasteiger partial charge is 0.458 e. The van der Waals surface area contributed by atoms with Crippen molar-refractivity contribution >= 4 is 22.8 Å². The number of ether oxygens (including phenoxy) is 1. The van der Waals surface area contributed by atoms with Gasteiger partial charge in [0, 0.05) is 22.6 Å². The van der Waals surface area contributed by atoms with Crippen LogP contribution in [-0.4, -0.2) is 37.7 Å². The van der Waals surface area contributed by atoms with Gasteiger partial charge in [-0.1, -0.05) is 20.3 Å². The van der Waals surface area contributed by atoms with E-state index in [1.54, 1.807) is 19.9 Å². The molecule has 0 bridgehead atoms. The average molecular weight is 536 g/mol. The molecule has 1 aromatic carbocycles. The van der Waals surface area contributed by atoms with Crippen molar-refractivity contribution in [2.75, 3.05) is 0 Å². The third-order valence-corrected chi connectivity index (χ3v) is 8.56. The summed E-state index contributed by atoms with van der Waals surface area (Å²) in [4.78, 5) is 43.8. The second-order valence-corrected chi connectivity index (χ2v) is 10.7. The van der Waals surface area contributed by atoms with E-state index in [0.717, 1.165) is 22.1 Å². The molecule has 3 aromatic rings. The average Bonchev–Trinajstić information content (AvgIpc) is 3.29. The fourth-order valence-corrected chi connectivity index (χ4v) is 6.37. The quantitative estimate of drug-likeness (QED) is 0.335. The fraction of sp³-hybridized carbons (Fsp3) is 0.448. The van der Waals surface area contributed by atoms with Gasteiger partial charge in [-0.15, -0.1) is 0 Å². The summed E-state index contributed by atoms with van der Waals surface area (Å²) in [6.45, 7) is 5.17. The van der Waals surface area contributed by atoms with Gasteiger partial charge in [0.1, 0.15) is 18.5 Å². The van der Waals surface area contributed by atoms with Gasteiger partial charge in [0.2, 0.25) is 5.91 Å². The maximum absolute atomic E-state index is 15.0. The van der Waals surface area contributed by atoms with Gasteiger partial charge in [0.25, 0.3) is 5.56 Å². The van der Waals surface area contributed by atoms with Crippen LogP contribution in [0.25, 0.3) is 22.3 Å². The highest BCUT2D eigenvalue weighted by Crippen LogP contribution is 2.45. The van der Waals surface area contributed by atoms with E-state index in [0.29, 0.717) is 48.2 Å². The smallest absolute Gasteiger partial charge is 0.343 e. The molecule has 10 heteroatoms. The molecule has 0 fully saturated rings. The lowest BCUT2D eigenvalue weighted by Gasteiger charge is -2.31. The van der Waals surface area contributed by atoms with E-state index < -0.39 is 35.2 Å². The van der Waals surface area contributed by atoms with E-state index in [1.165, 1.54) is 10.6 Å². The van der Waals surface area contributed by atoms with Gasteiger partial charge in [0.15, 0.2) is 5.60 Å². The van der Waals surface area contributed by atoms with Crippen molar-refractivity contribution in [3.8, 4) is 11.4 Å². The number of benzene rings is 1. The number of aromatic nitrogens is 2. The minimum Gasteiger partial charge on any atom is -0.458 e. The third kappa shape index (κ3) is 3.57. The van der Waals surface area contributed by atoms with Crippen molar-refractivity contribution in [2.24, 2.45) is 0 Å². The number of rotatable bonds is 5. The van der Waals surface area contributed by atoms with E-state index in [1.807, 2.05) is 6.92 Å². The van der Waals surface area contributed by atoms with E-state index in [9.17, 15) is 29.0 Å². The molecule has 1 aliphatic carbocycles. The monoisotopic (exact) mass is 535 g/mol. The van der Waals surface area contributed by atoms with Gasteiger partial charge in [-0.25, -0.2) is 14.2 Å². The molecule has 39 heavy (non-hydrogen) atoms. The van der Waals surface area contributed by atoms with Crippen LogP contribution in [0.3, 0.4) is 0 Å². The number of hydrogen-bond acceptors (Lipinski definition) is 7. The predicted octanol–water partition coefficient (Wildman–Crippen LogP) is 2.79. The predicted molar refractivity (Wildman–Crippen MR) is 139 cm³/mol. The van der Waals surface area contributed by atoms with Crippen molar-refractivity contribution in [2.45, 2.75) is 83.8 Å². The Morgan fingerprint density at radius 3 is 2.77 bits per heavy atom. The maximum Gasteiger partial charge on any atom is 0.343 e. The van der Waals surface area contributed by atoms with Crippen molar-refractivity contribution in [1.29, 1.82) is 0 Å². The van der Waals surface area contributed by atoms with Crippen LogP contribution in [0.2, 0.25) is 0 Å². The molecule has 0 saturated heterocycles. The SMILES string of the molecule is CCCC(O)C(=O)N[C@H]1CCc2c(C)c(F)cc3nc4c(c1c23)Cn1c-4cc2c(c1=O)COC(=O)[C@]2(O)CC. The molecular weight excluding hydrogens is 505 g/mol. The molecule has 6 rings (SSSR count). The lowest BCUT2D eigenvalue weighted by Crippen LogP contribution is -2.44. The number of aliphatic hydroxyl groups is 2. The minimum absolute atomic E-state index is 0.0209. The van der Waals surface area contributed by atoms with Crippen LogP contribution in [-0.2, 0) is 39.5 Å². The molecule has 1 amide bonds. The topological polar surface area (TPSA) is 131 Å². The first-order valence-electron chi connectivity index (χ1n) is 13.4. The summed E-state index contributed by atoms with van der Waals surface area (Å²) in [5, 5.41) is 25.2. The number of fused-ring (bicyclic) bond motifs is 5. The molecule has 1 unspecified atom stereocenters. The number of amides is 1. The van der Waals surface area contributed by atoms with Gasteiger partial charge in [-0.2, -0.15) is 0 Å². The molecule has 204 valence electrons. The Labute approximate surface area is 223 Å². The Hall–Kier alpha value is -3.63. The molecular formula is C29H30FN3O6. The Morgan fingerprint density at radius 2 is 2.05 bits per heavy atom. The van der Waals surface area contributed by atoms with Crippen molar-refractivity contribution in [3.05, 3.63) is 61.7 Å². The number of nitrogens with zero attached hydrogens (tertiary/aromatic N) is 2. The molecule has 2 aromatic heterocycles. The van der Waals surface area contributed by atoms with Gasteiger partial charge < -0.3 is 24.8 Å². The first kappa shape index (κ1) is 25.6. The number of pyridine rings is 2. The van der Waals surface area contributed by atoms with Crippen LogP contribution >= 0.6 is 0 Å². The number of esters is 1. The summed E-state index contributed by atoms with van der Waals surface area (Å²) in [5.74, 6) is -1.67. The number of hydrogen-bond donors (Lipinski definition) is 3. The Bertz CT molecular complexity index is 1650. The summed E-state index contributed by atoms with van der Waals surface area (Å²) >= 11 is 0. The Balaban J connectivity index is 1.60. The molecule has 3 aliphatic rings. The van der Waals surface area contributed by atoms with Crippen LogP contribution in [0.1, 0.15) is 79.0 Å². The third-order valence-electron chi connectivity index (χ3n) is 8.56. The lowest BCUT2D eigenvalue weighted by molar-refractivity contribution is -0.172. The molecule has 0 saturated carbocycles. The molecule has 0 spiro atoms. The van der Waals surface area contributed by atoms with E-state index in [4.69, 9.17) is 9.72 Å². The Morgan fingerprint density at radius 1 is 1.28 bits per heavy atom. The van der Waals surface area contributed by atoms with Crippen LogP contribution in [0.15, 0.2) is 16.9 Å². The van der Waals surface area contributed by atoms with Crippen molar-refractivity contribution < 1.29 is 28.9 Å². The van der Waals surface area contributed by atoms with Crippen LogP contribution < -0.4 is 10.9 Å². The van der Waals surface area contributed by atoms with E-state index >= 15 is 0 Å². The first-order valence-corrected chi connectivity index (χ1v) is 13.4. The van der Waals surface area contributed by atoms with Gasteiger partial charge in [0.05, 0.1) is 35.1 Å². The molecule has 2 aliphatic heterocycles. The summed E-state index contributed by atoms with van der Waals surface area (Å²) < 4.78 is 21.7. The second-order valence-electron chi connectivity index (χ2n) is 10.7. The van der Waals surface area contributed by atoms with Crippen LogP contribution in [0, 0.1) is 12.7 Å².